The molecule has 3 aliphatic rings. The number of aromatic nitrogens is 2. The molecule has 3 fully saturated rings. The summed E-state index contributed by atoms with van der Waals surface area (Å²) in [5.41, 5.74) is 0. The maximum atomic E-state index is 5.47. The average Bonchev–Trinajstić information content (AvgIpc) is 3.00. The Kier molecular flexibility index (Phi) is 3.62. The Morgan fingerprint density at radius 3 is 2.70 bits per heavy atom. The molecule has 110 valence electrons. The first-order chi connectivity index (χ1) is 9.88. The van der Waals surface area contributed by atoms with Gasteiger partial charge in [0.05, 0.1) is 6.61 Å². The van der Waals surface area contributed by atoms with Crippen LogP contribution in [0, 0.1) is 5.92 Å². The lowest BCUT2D eigenvalue weighted by Gasteiger charge is -2.35. The molecule has 4 rings (SSSR count). The van der Waals surface area contributed by atoms with E-state index in [0.29, 0.717) is 5.92 Å². The molecule has 1 aliphatic carbocycles. The maximum absolute atomic E-state index is 5.47. The van der Waals surface area contributed by atoms with Crippen LogP contribution in [0.15, 0.2) is 0 Å². The van der Waals surface area contributed by atoms with Crippen molar-refractivity contribution in [3.05, 3.63) is 5.82 Å². The number of hydrogen-bond acceptors (Lipinski definition) is 6. The van der Waals surface area contributed by atoms with Gasteiger partial charge in [-0.25, -0.2) is 4.98 Å². The van der Waals surface area contributed by atoms with Gasteiger partial charge in [0.25, 0.3) is 0 Å². The molecule has 6 heteroatoms. The van der Waals surface area contributed by atoms with Crippen LogP contribution < -0.4 is 4.90 Å². The number of hydrogen-bond donors (Lipinski definition) is 0. The SMILES string of the molecule is C1CC(CN2CCN(c3nc(C4CC4)ns3)CC2)CO1. The predicted molar refractivity (Wildman–Crippen MR) is 79.5 cm³/mol. The van der Waals surface area contributed by atoms with E-state index in [-0.39, 0.29) is 0 Å². The average molecular weight is 294 g/mol. The Labute approximate surface area is 124 Å². The topological polar surface area (TPSA) is 41.5 Å². The normalized spacial score (nSPS) is 28.2. The Hall–Kier alpha value is -0.720. The quantitative estimate of drug-likeness (QED) is 0.843. The Morgan fingerprint density at radius 1 is 1.15 bits per heavy atom. The smallest absolute Gasteiger partial charge is 0.205 e. The molecular weight excluding hydrogens is 272 g/mol. The summed E-state index contributed by atoms with van der Waals surface area (Å²) in [6.45, 7) is 7.60. The third-order valence-electron chi connectivity index (χ3n) is 4.56. The molecule has 1 atom stereocenters. The van der Waals surface area contributed by atoms with Gasteiger partial charge in [-0.3, -0.25) is 4.90 Å². The molecule has 5 nitrogen and oxygen atoms in total. The van der Waals surface area contributed by atoms with E-state index in [1.165, 1.54) is 25.8 Å². The minimum atomic E-state index is 0.670. The summed E-state index contributed by atoms with van der Waals surface area (Å²) in [6, 6.07) is 0. The van der Waals surface area contributed by atoms with Crippen LogP contribution in [0.25, 0.3) is 0 Å². The number of nitrogens with zero attached hydrogens (tertiary/aromatic N) is 4. The number of ether oxygens (including phenoxy) is 1. The van der Waals surface area contributed by atoms with Gasteiger partial charge in [0.1, 0.15) is 5.82 Å². The first-order valence-electron chi connectivity index (χ1n) is 7.77. The second kappa shape index (κ2) is 5.58. The second-order valence-corrected chi connectivity index (χ2v) is 6.96. The van der Waals surface area contributed by atoms with Gasteiger partial charge in [0.15, 0.2) is 0 Å². The molecule has 0 spiro atoms. The Bertz CT molecular complexity index is 448. The van der Waals surface area contributed by atoms with Crippen molar-refractivity contribution < 1.29 is 4.74 Å². The lowest BCUT2D eigenvalue weighted by atomic mass is 10.1. The molecule has 0 bridgehead atoms. The summed E-state index contributed by atoms with van der Waals surface area (Å²) >= 11 is 1.58. The van der Waals surface area contributed by atoms with E-state index in [4.69, 9.17) is 9.72 Å². The molecule has 3 heterocycles. The molecule has 0 amide bonds. The Balaban J connectivity index is 1.29. The van der Waals surface area contributed by atoms with Crippen LogP contribution >= 0.6 is 11.5 Å². The monoisotopic (exact) mass is 294 g/mol. The molecule has 1 aromatic rings. The highest BCUT2D eigenvalue weighted by Crippen LogP contribution is 2.39. The summed E-state index contributed by atoms with van der Waals surface area (Å²) in [5.74, 6) is 2.52. The van der Waals surface area contributed by atoms with E-state index in [1.54, 1.807) is 11.5 Å². The minimum Gasteiger partial charge on any atom is -0.381 e. The Morgan fingerprint density at radius 2 is 2.00 bits per heavy atom. The second-order valence-electron chi connectivity index (χ2n) is 6.23. The van der Waals surface area contributed by atoms with Crippen LogP contribution in [-0.4, -0.2) is 60.2 Å². The van der Waals surface area contributed by atoms with E-state index in [2.05, 4.69) is 14.2 Å². The van der Waals surface area contributed by atoms with Crippen molar-refractivity contribution >= 4 is 16.7 Å². The van der Waals surface area contributed by atoms with Crippen molar-refractivity contribution in [2.24, 2.45) is 5.92 Å². The van der Waals surface area contributed by atoms with Gasteiger partial charge in [-0.2, -0.15) is 4.37 Å². The summed E-state index contributed by atoms with van der Waals surface area (Å²) in [5, 5.41) is 1.13. The van der Waals surface area contributed by atoms with E-state index < -0.39 is 0 Å². The first kappa shape index (κ1) is 13.0. The molecule has 0 radical (unpaired) electrons. The van der Waals surface area contributed by atoms with Gasteiger partial charge < -0.3 is 9.64 Å². The van der Waals surface area contributed by atoms with Crippen LogP contribution in [0.4, 0.5) is 5.13 Å². The van der Waals surface area contributed by atoms with Crippen LogP contribution in [0.1, 0.15) is 31.0 Å². The van der Waals surface area contributed by atoms with Gasteiger partial charge >= 0.3 is 0 Å². The molecule has 2 aliphatic heterocycles. The molecular formula is C14H22N4OS. The van der Waals surface area contributed by atoms with E-state index in [1.807, 2.05) is 0 Å². The first-order valence-corrected chi connectivity index (χ1v) is 8.54. The molecule has 0 aromatic carbocycles. The summed E-state index contributed by atoms with van der Waals surface area (Å²) < 4.78 is 9.98. The van der Waals surface area contributed by atoms with E-state index >= 15 is 0 Å². The predicted octanol–water partition coefficient (Wildman–Crippen LogP) is 1.57. The zero-order valence-electron chi connectivity index (χ0n) is 11.8. The fraction of sp³-hybridized carbons (Fsp3) is 0.857. The molecule has 1 aromatic heterocycles. The highest BCUT2D eigenvalue weighted by molar-refractivity contribution is 7.09. The number of piperazine rings is 1. The highest BCUT2D eigenvalue weighted by atomic mass is 32.1. The third kappa shape index (κ3) is 2.82. The molecule has 0 N–H and O–H groups in total. The van der Waals surface area contributed by atoms with Crippen molar-refractivity contribution in [2.45, 2.75) is 25.2 Å². The standard InChI is InChI=1S/C14H22N4OS/c1-2-12(1)13-15-14(20-16-13)18-6-4-17(5-7-18)9-11-3-8-19-10-11/h11-12H,1-10H2. The van der Waals surface area contributed by atoms with Crippen molar-refractivity contribution in [1.82, 2.24) is 14.3 Å². The van der Waals surface area contributed by atoms with Gasteiger partial charge in [0, 0.05) is 56.8 Å². The van der Waals surface area contributed by atoms with Crippen LogP contribution in [0.3, 0.4) is 0 Å². The zero-order valence-corrected chi connectivity index (χ0v) is 12.6. The van der Waals surface area contributed by atoms with Crippen LogP contribution in [-0.2, 0) is 4.74 Å². The summed E-state index contributed by atoms with van der Waals surface area (Å²) in [6.07, 6.45) is 3.81. The maximum Gasteiger partial charge on any atom is 0.205 e. The summed E-state index contributed by atoms with van der Waals surface area (Å²) in [7, 11) is 0. The minimum absolute atomic E-state index is 0.670. The molecule has 2 saturated heterocycles. The highest BCUT2D eigenvalue weighted by Gasteiger charge is 2.29. The van der Waals surface area contributed by atoms with Gasteiger partial charge in [-0.05, 0) is 25.2 Å². The lowest BCUT2D eigenvalue weighted by molar-refractivity contribution is 0.164. The fourth-order valence-electron chi connectivity index (χ4n) is 3.08. The van der Waals surface area contributed by atoms with Crippen LogP contribution in [0.2, 0.25) is 0 Å². The number of anilines is 1. The van der Waals surface area contributed by atoms with Crippen molar-refractivity contribution in [3.8, 4) is 0 Å². The van der Waals surface area contributed by atoms with Crippen LogP contribution in [0.5, 0.6) is 0 Å². The molecule has 1 saturated carbocycles. The lowest BCUT2D eigenvalue weighted by Crippen LogP contribution is -2.47. The van der Waals surface area contributed by atoms with Crippen molar-refractivity contribution in [2.75, 3.05) is 50.8 Å². The third-order valence-corrected chi connectivity index (χ3v) is 5.35. The molecule has 20 heavy (non-hydrogen) atoms. The summed E-state index contributed by atoms with van der Waals surface area (Å²) in [4.78, 5) is 9.71. The number of rotatable bonds is 4. The van der Waals surface area contributed by atoms with Gasteiger partial charge in [-0.1, -0.05) is 0 Å². The van der Waals surface area contributed by atoms with E-state index in [9.17, 15) is 0 Å². The fourth-order valence-corrected chi connectivity index (χ4v) is 3.87. The van der Waals surface area contributed by atoms with Crippen molar-refractivity contribution in [3.63, 3.8) is 0 Å². The zero-order chi connectivity index (χ0) is 13.4. The molecule has 1 unspecified atom stereocenters. The largest absolute Gasteiger partial charge is 0.381 e. The van der Waals surface area contributed by atoms with Gasteiger partial charge in [-0.15, -0.1) is 0 Å². The van der Waals surface area contributed by atoms with Gasteiger partial charge in [0.2, 0.25) is 5.13 Å². The van der Waals surface area contributed by atoms with E-state index in [0.717, 1.165) is 56.3 Å². The van der Waals surface area contributed by atoms with Crippen molar-refractivity contribution in [1.29, 1.82) is 0 Å².